The van der Waals surface area contributed by atoms with Crippen molar-refractivity contribution in [2.45, 2.75) is 18.6 Å². The SMILES string of the molecule is CC(N)(C(=O)Nc1ccc(C(=O)O)cc1Br)C(F)(F)F. The number of aromatic carboxylic acids is 1. The molecule has 4 N–H and O–H groups in total. The van der Waals surface area contributed by atoms with Gasteiger partial charge in [-0.3, -0.25) is 4.79 Å². The summed E-state index contributed by atoms with van der Waals surface area (Å²) < 4.78 is 37.9. The summed E-state index contributed by atoms with van der Waals surface area (Å²) in [5, 5.41) is 10.7. The molecule has 1 aromatic carbocycles. The molecule has 0 heterocycles. The molecule has 0 aliphatic heterocycles. The molecule has 0 saturated carbocycles. The van der Waals surface area contributed by atoms with E-state index >= 15 is 0 Å². The van der Waals surface area contributed by atoms with Gasteiger partial charge in [0.1, 0.15) is 0 Å². The van der Waals surface area contributed by atoms with Crippen LogP contribution in [0.15, 0.2) is 22.7 Å². The van der Waals surface area contributed by atoms with Gasteiger partial charge in [-0.1, -0.05) is 0 Å². The number of carboxylic acid groups (broad SMARTS) is 1. The monoisotopic (exact) mass is 354 g/mol. The number of anilines is 1. The van der Waals surface area contributed by atoms with E-state index in [-0.39, 0.29) is 15.7 Å². The van der Waals surface area contributed by atoms with E-state index in [9.17, 15) is 22.8 Å². The van der Waals surface area contributed by atoms with Crippen LogP contribution in [0.1, 0.15) is 17.3 Å². The lowest BCUT2D eigenvalue weighted by molar-refractivity contribution is -0.184. The Bertz CT molecular complexity index is 558. The number of nitrogens with two attached hydrogens (primary N) is 1. The van der Waals surface area contributed by atoms with E-state index in [1.807, 2.05) is 5.32 Å². The largest absolute Gasteiger partial charge is 0.478 e. The average molecular weight is 355 g/mol. The molecule has 0 radical (unpaired) electrons. The maximum Gasteiger partial charge on any atom is 0.415 e. The second-order valence-corrected chi connectivity index (χ2v) is 5.01. The number of carbonyl (C=O) groups excluding carboxylic acids is 1. The number of alkyl halides is 3. The first-order valence-electron chi connectivity index (χ1n) is 5.16. The second-order valence-electron chi connectivity index (χ2n) is 4.15. The van der Waals surface area contributed by atoms with Crippen LogP contribution < -0.4 is 11.1 Å². The highest BCUT2D eigenvalue weighted by atomic mass is 79.9. The summed E-state index contributed by atoms with van der Waals surface area (Å²) in [4.78, 5) is 22.3. The Kier molecular flexibility index (Phi) is 4.45. The standard InChI is InChI=1S/C11H10BrF3N2O3/c1-10(16,11(13,14)15)9(20)17-7-3-2-5(8(18)19)4-6(7)12/h2-4H,16H2,1H3,(H,17,20)(H,18,19). The number of carboxylic acids is 1. The Labute approximate surface area is 120 Å². The highest BCUT2D eigenvalue weighted by Crippen LogP contribution is 2.30. The Morgan fingerprint density at radius 2 is 1.90 bits per heavy atom. The first-order valence-corrected chi connectivity index (χ1v) is 5.96. The molecule has 0 bridgehead atoms. The van der Waals surface area contributed by atoms with Crippen LogP contribution in [0.25, 0.3) is 0 Å². The van der Waals surface area contributed by atoms with E-state index in [1.165, 1.54) is 0 Å². The zero-order valence-electron chi connectivity index (χ0n) is 10.1. The van der Waals surface area contributed by atoms with Crippen LogP contribution in [0.3, 0.4) is 0 Å². The van der Waals surface area contributed by atoms with Crippen molar-refractivity contribution >= 4 is 33.5 Å². The van der Waals surface area contributed by atoms with Crippen molar-refractivity contribution in [3.05, 3.63) is 28.2 Å². The lowest BCUT2D eigenvalue weighted by atomic mass is 10.0. The molecule has 0 spiro atoms. The minimum absolute atomic E-state index is 0.0130. The minimum atomic E-state index is -4.91. The van der Waals surface area contributed by atoms with E-state index in [0.29, 0.717) is 6.92 Å². The molecule has 1 rings (SSSR count). The molecular formula is C11H10BrF3N2O3. The van der Waals surface area contributed by atoms with Crippen molar-refractivity contribution in [2.24, 2.45) is 5.73 Å². The average Bonchev–Trinajstić information content (AvgIpc) is 2.29. The fourth-order valence-electron chi connectivity index (χ4n) is 1.13. The van der Waals surface area contributed by atoms with Crippen molar-refractivity contribution in [3.8, 4) is 0 Å². The van der Waals surface area contributed by atoms with Crippen LogP contribution in [0.5, 0.6) is 0 Å². The van der Waals surface area contributed by atoms with Crippen LogP contribution in [-0.2, 0) is 4.79 Å². The van der Waals surface area contributed by atoms with Gasteiger partial charge in [-0.15, -0.1) is 0 Å². The fourth-order valence-corrected chi connectivity index (χ4v) is 1.61. The summed E-state index contributed by atoms with van der Waals surface area (Å²) in [5.41, 5.74) is 1.81. The molecule has 0 fully saturated rings. The van der Waals surface area contributed by atoms with Gasteiger partial charge >= 0.3 is 12.1 Å². The number of rotatable bonds is 3. The lowest BCUT2D eigenvalue weighted by Gasteiger charge is -2.26. The molecule has 110 valence electrons. The number of hydrogen-bond donors (Lipinski definition) is 3. The minimum Gasteiger partial charge on any atom is -0.478 e. The first-order chi connectivity index (χ1) is 8.96. The Hall–Kier alpha value is -1.61. The van der Waals surface area contributed by atoms with Crippen molar-refractivity contribution in [1.82, 2.24) is 0 Å². The Morgan fingerprint density at radius 1 is 1.35 bits per heavy atom. The predicted octanol–water partition coefficient (Wildman–Crippen LogP) is 2.37. The highest BCUT2D eigenvalue weighted by Gasteiger charge is 2.54. The quantitative estimate of drug-likeness (QED) is 0.776. The highest BCUT2D eigenvalue weighted by molar-refractivity contribution is 9.10. The molecule has 1 atom stereocenters. The lowest BCUT2D eigenvalue weighted by Crippen LogP contribution is -2.59. The zero-order chi connectivity index (χ0) is 15.7. The van der Waals surface area contributed by atoms with E-state index in [4.69, 9.17) is 10.8 Å². The normalized spacial score (nSPS) is 14.5. The third-order valence-corrected chi connectivity index (χ3v) is 3.18. The molecular weight excluding hydrogens is 345 g/mol. The van der Waals surface area contributed by atoms with Crippen molar-refractivity contribution < 1.29 is 27.9 Å². The number of carbonyl (C=O) groups is 2. The van der Waals surface area contributed by atoms with Gasteiger partial charge < -0.3 is 16.2 Å². The van der Waals surface area contributed by atoms with Gasteiger partial charge in [0.05, 0.1) is 11.3 Å². The van der Waals surface area contributed by atoms with E-state index in [2.05, 4.69) is 15.9 Å². The van der Waals surface area contributed by atoms with Gasteiger partial charge in [-0.05, 0) is 41.1 Å². The molecule has 1 aromatic rings. The third kappa shape index (κ3) is 3.28. The molecule has 20 heavy (non-hydrogen) atoms. The molecule has 9 heteroatoms. The van der Waals surface area contributed by atoms with Crippen LogP contribution >= 0.6 is 15.9 Å². The number of benzene rings is 1. The van der Waals surface area contributed by atoms with Crippen LogP contribution in [0, 0.1) is 0 Å². The van der Waals surface area contributed by atoms with Gasteiger partial charge in [-0.25, -0.2) is 4.79 Å². The van der Waals surface area contributed by atoms with Gasteiger partial charge in [0.15, 0.2) is 5.54 Å². The summed E-state index contributed by atoms with van der Waals surface area (Å²) in [5.74, 6) is -2.66. The van der Waals surface area contributed by atoms with Gasteiger partial charge in [0.25, 0.3) is 5.91 Å². The van der Waals surface area contributed by atoms with E-state index in [0.717, 1.165) is 18.2 Å². The maximum atomic E-state index is 12.6. The van der Waals surface area contributed by atoms with Crippen molar-refractivity contribution in [2.75, 3.05) is 5.32 Å². The number of amides is 1. The molecule has 5 nitrogen and oxygen atoms in total. The summed E-state index contributed by atoms with van der Waals surface area (Å²) in [6.07, 6.45) is -4.91. The summed E-state index contributed by atoms with van der Waals surface area (Å²) >= 11 is 2.96. The Balaban J connectivity index is 3.00. The summed E-state index contributed by atoms with van der Waals surface area (Å²) in [7, 11) is 0. The number of nitrogens with one attached hydrogen (secondary N) is 1. The summed E-state index contributed by atoms with van der Waals surface area (Å²) in [6, 6.07) is 3.46. The van der Waals surface area contributed by atoms with Crippen molar-refractivity contribution in [1.29, 1.82) is 0 Å². The second kappa shape index (κ2) is 5.41. The van der Waals surface area contributed by atoms with Crippen LogP contribution in [-0.4, -0.2) is 28.7 Å². The van der Waals surface area contributed by atoms with Crippen LogP contribution in [0.2, 0.25) is 0 Å². The Morgan fingerprint density at radius 3 is 2.30 bits per heavy atom. The molecule has 0 aliphatic rings. The van der Waals surface area contributed by atoms with Gasteiger partial charge in [-0.2, -0.15) is 13.2 Å². The van der Waals surface area contributed by atoms with E-state index in [1.54, 1.807) is 0 Å². The molecule has 0 aromatic heterocycles. The van der Waals surface area contributed by atoms with Gasteiger partial charge in [0, 0.05) is 4.47 Å². The molecule has 1 amide bonds. The van der Waals surface area contributed by atoms with Crippen molar-refractivity contribution in [3.63, 3.8) is 0 Å². The maximum absolute atomic E-state index is 12.6. The smallest absolute Gasteiger partial charge is 0.415 e. The summed E-state index contributed by atoms with van der Waals surface area (Å²) in [6.45, 7) is 0.544. The van der Waals surface area contributed by atoms with E-state index < -0.39 is 23.6 Å². The first kappa shape index (κ1) is 16.4. The topological polar surface area (TPSA) is 92.4 Å². The van der Waals surface area contributed by atoms with Crippen LogP contribution in [0.4, 0.5) is 18.9 Å². The molecule has 0 saturated heterocycles. The predicted molar refractivity (Wildman–Crippen MR) is 68.4 cm³/mol. The number of hydrogen-bond acceptors (Lipinski definition) is 3. The molecule has 0 aliphatic carbocycles. The fraction of sp³-hybridized carbons (Fsp3) is 0.273. The number of halogens is 4. The van der Waals surface area contributed by atoms with Gasteiger partial charge in [0.2, 0.25) is 0 Å². The zero-order valence-corrected chi connectivity index (χ0v) is 11.7. The third-order valence-electron chi connectivity index (χ3n) is 2.52. The molecule has 1 unspecified atom stereocenters.